The largest absolute Gasteiger partial charge is 0.325 e. The zero-order valence-corrected chi connectivity index (χ0v) is 7.29. The van der Waals surface area contributed by atoms with E-state index >= 15 is 0 Å². The van der Waals surface area contributed by atoms with E-state index in [1.807, 2.05) is 0 Å². The summed E-state index contributed by atoms with van der Waals surface area (Å²) in [5, 5.41) is 4.68. The van der Waals surface area contributed by atoms with E-state index in [1.165, 1.54) is 6.07 Å². The first-order valence-electron chi connectivity index (χ1n) is 4.04. The Hall–Kier alpha value is -1.42. The van der Waals surface area contributed by atoms with Gasteiger partial charge in [0.15, 0.2) is 0 Å². The minimum Gasteiger partial charge on any atom is -0.325 e. The van der Waals surface area contributed by atoms with Crippen molar-refractivity contribution in [3.05, 3.63) is 29.7 Å². The zero-order chi connectivity index (χ0) is 9.42. The SMILES string of the molecule is Cn1nc2cccc(F)c2c1CN. The molecule has 0 radical (unpaired) electrons. The number of nitrogens with two attached hydrogens (primary N) is 1. The molecule has 3 nitrogen and oxygen atoms in total. The predicted octanol–water partition coefficient (Wildman–Crippen LogP) is 1.17. The maximum atomic E-state index is 13.3. The number of hydrogen-bond acceptors (Lipinski definition) is 2. The number of aromatic nitrogens is 2. The summed E-state index contributed by atoms with van der Waals surface area (Å²) in [5.74, 6) is -0.258. The number of benzene rings is 1. The third-order valence-electron chi connectivity index (χ3n) is 2.12. The Morgan fingerprint density at radius 3 is 3.00 bits per heavy atom. The van der Waals surface area contributed by atoms with Crippen molar-refractivity contribution in [3.63, 3.8) is 0 Å². The van der Waals surface area contributed by atoms with E-state index in [0.29, 0.717) is 17.4 Å². The van der Waals surface area contributed by atoms with E-state index < -0.39 is 0 Å². The van der Waals surface area contributed by atoms with Crippen molar-refractivity contribution in [2.75, 3.05) is 0 Å². The van der Waals surface area contributed by atoms with Gasteiger partial charge in [-0.25, -0.2) is 4.39 Å². The van der Waals surface area contributed by atoms with E-state index in [9.17, 15) is 4.39 Å². The molecule has 1 aromatic carbocycles. The lowest BCUT2D eigenvalue weighted by atomic mass is 10.2. The van der Waals surface area contributed by atoms with Crippen molar-refractivity contribution in [1.82, 2.24) is 9.78 Å². The van der Waals surface area contributed by atoms with Gasteiger partial charge in [0.2, 0.25) is 0 Å². The molecule has 0 fully saturated rings. The van der Waals surface area contributed by atoms with Gasteiger partial charge in [-0.2, -0.15) is 5.10 Å². The van der Waals surface area contributed by atoms with Crippen molar-refractivity contribution in [2.24, 2.45) is 12.8 Å². The van der Waals surface area contributed by atoms with Crippen LogP contribution in [0.25, 0.3) is 10.9 Å². The van der Waals surface area contributed by atoms with Crippen LogP contribution in [-0.2, 0) is 13.6 Å². The fourth-order valence-electron chi connectivity index (χ4n) is 1.50. The molecule has 13 heavy (non-hydrogen) atoms. The van der Waals surface area contributed by atoms with Crippen LogP contribution in [-0.4, -0.2) is 9.78 Å². The van der Waals surface area contributed by atoms with E-state index in [1.54, 1.807) is 23.9 Å². The third kappa shape index (κ3) is 1.10. The summed E-state index contributed by atoms with van der Waals surface area (Å²) in [4.78, 5) is 0. The molecule has 68 valence electrons. The lowest BCUT2D eigenvalue weighted by Crippen LogP contribution is -2.04. The molecule has 0 amide bonds. The topological polar surface area (TPSA) is 43.8 Å². The van der Waals surface area contributed by atoms with Crippen LogP contribution in [0.3, 0.4) is 0 Å². The Morgan fingerprint density at radius 2 is 2.31 bits per heavy atom. The highest BCUT2D eigenvalue weighted by Gasteiger charge is 2.10. The van der Waals surface area contributed by atoms with Crippen LogP contribution in [0.4, 0.5) is 4.39 Å². The second-order valence-electron chi connectivity index (χ2n) is 2.91. The number of fused-ring (bicyclic) bond motifs is 1. The minimum absolute atomic E-state index is 0.258. The molecule has 0 aliphatic heterocycles. The number of nitrogens with zero attached hydrogens (tertiary/aromatic N) is 2. The summed E-state index contributed by atoms with van der Waals surface area (Å²) in [5.41, 5.74) is 6.89. The van der Waals surface area contributed by atoms with Gasteiger partial charge in [0, 0.05) is 13.6 Å². The summed E-state index contributed by atoms with van der Waals surface area (Å²) in [7, 11) is 1.77. The van der Waals surface area contributed by atoms with Gasteiger partial charge in [-0.15, -0.1) is 0 Å². The third-order valence-corrected chi connectivity index (χ3v) is 2.12. The molecule has 0 bridgehead atoms. The number of hydrogen-bond donors (Lipinski definition) is 1. The minimum atomic E-state index is -0.258. The maximum Gasteiger partial charge on any atom is 0.134 e. The first kappa shape index (κ1) is 8.19. The molecule has 0 saturated heterocycles. The van der Waals surface area contributed by atoms with Gasteiger partial charge in [-0.3, -0.25) is 4.68 Å². The molecule has 2 aromatic rings. The molecule has 0 aliphatic carbocycles. The van der Waals surface area contributed by atoms with E-state index in [-0.39, 0.29) is 5.82 Å². The number of rotatable bonds is 1. The van der Waals surface area contributed by atoms with E-state index in [2.05, 4.69) is 5.10 Å². The first-order valence-corrected chi connectivity index (χ1v) is 4.04. The lowest BCUT2D eigenvalue weighted by Gasteiger charge is -1.97. The zero-order valence-electron chi connectivity index (χ0n) is 7.29. The van der Waals surface area contributed by atoms with Crippen LogP contribution in [0.15, 0.2) is 18.2 Å². The van der Waals surface area contributed by atoms with Gasteiger partial charge in [-0.05, 0) is 12.1 Å². The Balaban J connectivity index is 2.88. The predicted molar refractivity (Wildman–Crippen MR) is 48.6 cm³/mol. The standard InChI is InChI=1S/C9H10FN3/c1-13-8(5-11)9-6(10)3-2-4-7(9)12-13/h2-4H,5,11H2,1H3. The Labute approximate surface area is 75.0 Å². The van der Waals surface area contributed by atoms with Gasteiger partial charge < -0.3 is 5.73 Å². The van der Waals surface area contributed by atoms with Crippen LogP contribution >= 0.6 is 0 Å². The summed E-state index contributed by atoms with van der Waals surface area (Å²) in [6.07, 6.45) is 0. The Bertz CT molecular complexity index is 447. The van der Waals surface area contributed by atoms with Crippen molar-refractivity contribution in [2.45, 2.75) is 6.54 Å². The molecular formula is C9H10FN3. The molecule has 2 rings (SSSR count). The highest BCUT2D eigenvalue weighted by atomic mass is 19.1. The van der Waals surface area contributed by atoms with Crippen LogP contribution in [0.2, 0.25) is 0 Å². The van der Waals surface area contributed by atoms with Crippen LogP contribution < -0.4 is 5.73 Å². The molecule has 0 aliphatic rings. The normalized spacial score (nSPS) is 11.0. The fraction of sp³-hybridized carbons (Fsp3) is 0.222. The number of aryl methyl sites for hydroxylation is 1. The van der Waals surface area contributed by atoms with Gasteiger partial charge >= 0.3 is 0 Å². The van der Waals surface area contributed by atoms with Crippen LogP contribution in [0.5, 0.6) is 0 Å². The van der Waals surface area contributed by atoms with Gasteiger partial charge in [0.25, 0.3) is 0 Å². The van der Waals surface area contributed by atoms with Crippen molar-refractivity contribution in [1.29, 1.82) is 0 Å². The quantitative estimate of drug-likeness (QED) is 0.714. The molecular weight excluding hydrogens is 169 g/mol. The first-order chi connectivity index (χ1) is 6.24. The second kappa shape index (κ2) is 2.81. The van der Waals surface area contributed by atoms with Crippen molar-refractivity contribution >= 4 is 10.9 Å². The summed E-state index contributed by atoms with van der Waals surface area (Å²) in [6, 6.07) is 4.84. The highest BCUT2D eigenvalue weighted by Crippen LogP contribution is 2.20. The van der Waals surface area contributed by atoms with Crippen molar-refractivity contribution in [3.8, 4) is 0 Å². The van der Waals surface area contributed by atoms with Crippen LogP contribution in [0, 0.1) is 5.82 Å². The Kier molecular flexibility index (Phi) is 1.77. The smallest absolute Gasteiger partial charge is 0.134 e. The van der Waals surface area contributed by atoms with E-state index in [0.717, 1.165) is 5.69 Å². The molecule has 1 heterocycles. The van der Waals surface area contributed by atoms with Gasteiger partial charge in [0.05, 0.1) is 16.6 Å². The number of halogens is 1. The lowest BCUT2D eigenvalue weighted by molar-refractivity contribution is 0.637. The molecule has 0 saturated carbocycles. The van der Waals surface area contributed by atoms with Gasteiger partial charge in [0.1, 0.15) is 5.82 Å². The van der Waals surface area contributed by atoms with Gasteiger partial charge in [-0.1, -0.05) is 6.07 Å². The van der Waals surface area contributed by atoms with Crippen LogP contribution in [0.1, 0.15) is 5.69 Å². The molecule has 4 heteroatoms. The monoisotopic (exact) mass is 179 g/mol. The molecule has 1 aromatic heterocycles. The Morgan fingerprint density at radius 1 is 1.54 bits per heavy atom. The average molecular weight is 179 g/mol. The fourth-order valence-corrected chi connectivity index (χ4v) is 1.50. The highest BCUT2D eigenvalue weighted by molar-refractivity contribution is 5.82. The molecule has 0 atom stereocenters. The second-order valence-corrected chi connectivity index (χ2v) is 2.91. The van der Waals surface area contributed by atoms with E-state index in [4.69, 9.17) is 5.73 Å². The molecule has 0 spiro atoms. The average Bonchev–Trinajstić information content (AvgIpc) is 2.42. The molecule has 2 N–H and O–H groups in total. The molecule has 0 unspecified atom stereocenters. The summed E-state index contributed by atoms with van der Waals surface area (Å²) in [6.45, 7) is 0.300. The summed E-state index contributed by atoms with van der Waals surface area (Å²) >= 11 is 0. The summed E-state index contributed by atoms with van der Waals surface area (Å²) < 4.78 is 15.0. The maximum absolute atomic E-state index is 13.3. The van der Waals surface area contributed by atoms with Crippen molar-refractivity contribution < 1.29 is 4.39 Å².